The molecule has 0 fully saturated rings. The van der Waals surface area contributed by atoms with Gasteiger partial charge in [0.1, 0.15) is 5.75 Å². The lowest BCUT2D eigenvalue weighted by Crippen LogP contribution is -2.08. The van der Waals surface area contributed by atoms with Gasteiger partial charge in [0, 0.05) is 12.0 Å². The van der Waals surface area contributed by atoms with Gasteiger partial charge in [-0.1, -0.05) is 60.7 Å². The van der Waals surface area contributed by atoms with E-state index in [0.29, 0.717) is 13.2 Å². The van der Waals surface area contributed by atoms with Gasteiger partial charge in [-0.3, -0.25) is 0 Å². The summed E-state index contributed by atoms with van der Waals surface area (Å²) in [6.45, 7) is 1.31. The Morgan fingerprint density at radius 1 is 0.773 bits per heavy atom. The maximum atomic E-state index is 6.05. The third-order valence-corrected chi connectivity index (χ3v) is 3.88. The topological polar surface area (TPSA) is 35.2 Å². The second-order valence-electron chi connectivity index (χ2n) is 5.39. The Labute approximate surface area is 131 Å². The van der Waals surface area contributed by atoms with Crippen LogP contribution in [0.1, 0.15) is 11.1 Å². The number of fused-ring (bicyclic) bond motifs is 1. The first kappa shape index (κ1) is 14.6. The van der Waals surface area contributed by atoms with Crippen molar-refractivity contribution in [3.8, 4) is 5.75 Å². The van der Waals surface area contributed by atoms with Gasteiger partial charge in [0.2, 0.25) is 0 Å². The smallest absolute Gasteiger partial charge is 0.123 e. The molecule has 3 aromatic carbocycles. The number of hydrogen-bond acceptors (Lipinski definition) is 2. The van der Waals surface area contributed by atoms with Crippen LogP contribution >= 0.6 is 0 Å². The number of rotatable bonds is 6. The molecule has 0 saturated heterocycles. The monoisotopic (exact) mass is 291 g/mol. The summed E-state index contributed by atoms with van der Waals surface area (Å²) >= 11 is 0. The largest absolute Gasteiger partial charge is 0.493 e. The van der Waals surface area contributed by atoms with Crippen LogP contribution in [0, 0.1) is 0 Å². The summed E-state index contributed by atoms with van der Waals surface area (Å²) in [7, 11) is 0. The van der Waals surface area contributed by atoms with Gasteiger partial charge in [-0.25, -0.2) is 0 Å². The minimum absolute atomic E-state index is 0.628. The quantitative estimate of drug-likeness (QED) is 0.746. The molecule has 0 spiro atoms. The first-order valence-corrected chi connectivity index (χ1v) is 7.76. The van der Waals surface area contributed by atoms with Crippen molar-refractivity contribution in [1.29, 1.82) is 0 Å². The average Bonchev–Trinajstić information content (AvgIpc) is 2.58. The SMILES string of the molecule is NCCc1c(OCCc2ccccc2)ccc2ccccc12. The summed E-state index contributed by atoms with van der Waals surface area (Å²) in [5.41, 5.74) is 8.30. The molecule has 0 atom stereocenters. The molecule has 22 heavy (non-hydrogen) atoms. The van der Waals surface area contributed by atoms with Crippen LogP contribution in [0.25, 0.3) is 10.8 Å². The minimum Gasteiger partial charge on any atom is -0.493 e. The maximum absolute atomic E-state index is 6.05. The average molecular weight is 291 g/mol. The van der Waals surface area contributed by atoms with E-state index in [1.807, 2.05) is 6.07 Å². The molecule has 3 rings (SSSR count). The lowest BCUT2D eigenvalue weighted by molar-refractivity contribution is 0.319. The molecule has 2 nitrogen and oxygen atoms in total. The molecule has 0 radical (unpaired) electrons. The molecule has 0 bridgehead atoms. The molecule has 2 N–H and O–H groups in total. The summed E-state index contributed by atoms with van der Waals surface area (Å²) in [4.78, 5) is 0. The van der Waals surface area contributed by atoms with Gasteiger partial charge in [-0.05, 0) is 35.4 Å². The van der Waals surface area contributed by atoms with Gasteiger partial charge in [-0.2, -0.15) is 0 Å². The predicted molar refractivity (Wildman–Crippen MR) is 92.3 cm³/mol. The summed E-state index contributed by atoms with van der Waals surface area (Å²) in [5, 5.41) is 2.48. The number of nitrogens with two attached hydrogens (primary N) is 1. The second-order valence-corrected chi connectivity index (χ2v) is 5.39. The number of ether oxygens (including phenoxy) is 1. The van der Waals surface area contributed by atoms with E-state index in [4.69, 9.17) is 10.5 Å². The van der Waals surface area contributed by atoms with Crippen LogP contribution in [-0.4, -0.2) is 13.2 Å². The molecule has 0 aliphatic carbocycles. The van der Waals surface area contributed by atoms with Crippen molar-refractivity contribution in [3.63, 3.8) is 0 Å². The zero-order valence-corrected chi connectivity index (χ0v) is 12.7. The predicted octanol–water partition coefficient (Wildman–Crippen LogP) is 3.96. The van der Waals surface area contributed by atoms with Gasteiger partial charge in [0.25, 0.3) is 0 Å². The first-order chi connectivity index (χ1) is 10.9. The molecule has 2 heteroatoms. The van der Waals surface area contributed by atoms with Gasteiger partial charge >= 0.3 is 0 Å². The Hall–Kier alpha value is -2.32. The van der Waals surface area contributed by atoms with Crippen molar-refractivity contribution >= 4 is 10.8 Å². The van der Waals surface area contributed by atoms with Crippen molar-refractivity contribution in [1.82, 2.24) is 0 Å². The molecule has 0 aliphatic rings. The summed E-state index contributed by atoms with van der Waals surface area (Å²) in [5.74, 6) is 0.958. The Balaban J connectivity index is 1.79. The molecule has 0 unspecified atom stereocenters. The Bertz CT molecular complexity index is 737. The molecule has 0 heterocycles. The molecule has 3 aromatic rings. The van der Waals surface area contributed by atoms with Crippen LogP contribution in [0.15, 0.2) is 66.7 Å². The van der Waals surface area contributed by atoms with Gasteiger partial charge in [0.05, 0.1) is 6.61 Å². The van der Waals surface area contributed by atoms with Crippen molar-refractivity contribution in [2.45, 2.75) is 12.8 Å². The van der Waals surface area contributed by atoms with Crippen LogP contribution in [0.3, 0.4) is 0 Å². The third-order valence-electron chi connectivity index (χ3n) is 3.88. The van der Waals surface area contributed by atoms with E-state index < -0.39 is 0 Å². The van der Waals surface area contributed by atoms with Gasteiger partial charge in [0.15, 0.2) is 0 Å². The van der Waals surface area contributed by atoms with E-state index in [-0.39, 0.29) is 0 Å². The fraction of sp³-hybridized carbons (Fsp3) is 0.200. The lowest BCUT2D eigenvalue weighted by atomic mass is 10.0. The van der Waals surface area contributed by atoms with Crippen molar-refractivity contribution < 1.29 is 4.74 Å². The fourth-order valence-corrected chi connectivity index (χ4v) is 2.78. The van der Waals surface area contributed by atoms with E-state index in [1.165, 1.54) is 21.9 Å². The lowest BCUT2D eigenvalue weighted by Gasteiger charge is -2.14. The Morgan fingerprint density at radius 3 is 2.36 bits per heavy atom. The summed E-state index contributed by atoms with van der Waals surface area (Å²) in [6.07, 6.45) is 1.75. The highest BCUT2D eigenvalue weighted by molar-refractivity contribution is 5.87. The highest BCUT2D eigenvalue weighted by Gasteiger charge is 2.08. The van der Waals surface area contributed by atoms with E-state index in [9.17, 15) is 0 Å². The van der Waals surface area contributed by atoms with Crippen molar-refractivity contribution in [2.24, 2.45) is 5.73 Å². The Kier molecular flexibility index (Phi) is 4.71. The minimum atomic E-state index is 0.628. The highest BCUT2D eigenvalue weighted by Crippen LogP contribution is 2.28. The number of hydrogen-bond donors (Lipinski definition) is 1. The second kappa shape index (κ2) is 7.10. The van der Waals surface area contributed by atoms with E-state index in [1.54, 1.807) is 0 Å². The molecule has 0 amide bonds. The van der Waals surface area contributed by atoms with Gasteiger partial charge < -0.3 is 10.5 Å². The molecule has 0 aromatic heterocycles. The molecule has 0 aliphatic heterocycles. The van der Waals surface area contributed by atoms with Crippen LogP contribution in [0.4, 0.5) is 0 Å². The molecule has 112 valence electrons. The van der Waals surface area contributed by atoms with E-state index >= 15 is 0 Å². The molecular weight excluding hydrogens is 270 g/mol. The van der Waals surface area contributed by atoms with E-state index in [0.717, 1.165) is 18.6 Å². The van der Waals surface area contributed by atoms with Crippen LogP contribution in [-0.2, 0) is 12.8 Å². The van der Waals surface area contributed by atoms with Crippen LogP contribution < -0.4 is 10.5 Å². The first-order valence-electron chi connectivity index (χ1n) is 7.76. The van der Waals surface area contributed by atoms with Crippen LogP contribution in [0.5, 0.6) is 5.75 Å². The van der Waals surface area contributed by atoms with Crippen molar-refractivity contribution in [2.75, 3.05) is 13.2 Å². The standard InChI is InChI=1S/C20H21NO/c21-14-12-19-18-9-5-4-8-17(18)10-11-20(19)22-15-13-16-6-2-1-3-7-16/h1-11H,12-15,21H2. The Morgan fingerprint density at radius 2 is 1.55 bits per heavy atom. The zero-order valence-electron chi connectivity index (χ0n) is 12.7. The third kappa shape index (κ3) is 3.29. The van der Waals surface area contributed by atoms with Crippen LogP contribution in [0.2, 0.25) is 0 Å². The zero-order chi connectivity index (χ0) is 15.2. The van der Waals surface area contributed by atoms with E-state index in [2.05, 4.69) is 60.7 Å². The normalized spacial score (nSPS) is 10.8. The fourth-order valence-electron chi connectivity index (χ4n) is 2.78. The molecular formula is C20H21NO. The van der Waals surface area contributed by atoms with Crippen molar-refractivity contribution in [3.05, 3.63) is 77.9 Å². The number of benzene rings is 3. The highest BCUT2D eigenvalue weighted by atomic mass is 16.5. The summed E-state index contributed by atoms with van der Waals surface area (Å²) in [6, 6.07) is 23.0. The molecule has 0 saturated carbocycles. The maximum Gasteiger partial charge on any atom is 0.123 e. The van der Waals surface area contributed by atoms with Gasteiger partial charge in [-0.15, -0.1) is 0 Å². The summed E-state index contributed by atoms with van der Waals surface area (Å²) < 4.78 is 6.05.